The molecule has 0 saturated heterocycles. The highest BCUT2D eigenvalue weighted by atomic mass is 35.5. The van der Waals surface area contributed by atoms with E-state index < -0.39 is 0 Å². The predicted molar refractivity (Wildman–Crippen MR) is 101 cm³/mol. The van der Waals surface area contributed by atoms with Crippen LogP contribution in [0.25, 0.3) is 12.2 Å². The van der Waals surface area contributed by atoms with Crippen molar-refractivity contribution in [2.45, 2.75) is 6.92 Å². The van der Waals surface area contributed by atoms with Crippen LogP contribution in [0.5, 0.6) is 0 Å². The zero-order chi connectivity index (χ0) is 16.9. The molecule has 0 saturated carbocycles. The first-order valence-electron chi connectivity index (χ1n) is 7.67. The van der Waals surface area contributed by atoms with Crippen LogP contribution < -0.4 is 5.32 Å². The first kappa shape index (κ1) is 16.3. The second-order valence-electron chi connectivity index (χ2n) is 5.59. The first-order chi connectivity index (χ1) is 11.6. The Morgan fingerprint density at radius 2 is 1.58 bits per heavy atom. The van der Waals surface area contributed by atoms with E-state index in [0.717, 1.165) is 33.1 Å². The van der Waals surface area contributed by atoms with Gasteiger partial charge in [-0.05, 0) is 66.1 Å². The Kier molecular flexibility index (Phi) is 4.97. The zero-order valence-electron chi connectivity index (χ0n) is 13.3. The van der Waals surface area contributed by atoms with Crippen molar-refractivity contribution in [1.29, 1.82) is 0 Å². The molecule has 0 fully saturated rings. The van der Waals surface area contributed by atoms with Crippen molar-refractivity contribution in [2.75, 3.05) is 5.32 Å². The van der Waals surface area contributed by atoms with Gasteiger partial charge in [-0.2, -0.15) is 0 Å². The van der Waals surface area contributed by atoms with Gasteiger partial charge in [0.25, 0.3) is 0 Å². The lowest BCUT2D eigenvalue weighted by Gasteiger charge is -2.10. The SMILES string of the molecule is Cc1ccc(/C=C/c2cccc(Cl)c2)cc1Nc1ccc(F)cc1. The van der Waals surface area contributed by atoms with Gasteiger partial charge in [-0.1, -0.05) is 48.0 Å². The summed E-state index contributed by atoms with van der Waals surface area (Å²) in [5, 5.41) is 4.05. The van der Waals surface area contributed by atoms with Crippen LogP contribution in [0.15, 0.2) is 66.7 Å². The van der Waals surface area contributed by atoms with Gasteiger partial charge in [0.05, 0.1) is 0 Å². The van der Waals surface area contributed by atoms with Gasteiger partial charge in [0.15, 0.2) is 0 Å². The number of benzene rings is 3. The quantitative estimate of drug-likeness (QED) is 0.522. The van der Waals surface area contributed by atoms with Crippen molar-refractivity contribution in [2.24, 2.45) is 0 Å². The maximum absolute atomic E-state index is 13.0. The van der Waals surface area contributed by atoms with Crippen LogP contribution in [0.1, 0.15) is 16.7 Å². The van der Waals surface area contributed by atoms with Crippen LogP contribution in [0, 0.1) is 12.7 Å². The molecule has 0 aromatic heterocycles. The molecule has 0 radical (unpaired) electrons. The maximum atomic E-state index is 13.0. The fourth-order valence-electron chi connectivity index (χ4n) is 2.37. The van der Waals surface area contributed by atoms with Gasteiger partial charge >= 0.3 is 0 Å². The van der Waals surface area contributed by atoms with E-state index in [1.165, 1.54) is 12.1 Å². The number of nitrogens with one attached hydrogen (secondary N) is 1. The Labute approximate surface area is 146 Å². The monoisotopic (exact) mass is 337 g/mol. The molecule has 0 spiro atoms. The zero-order valence-corrected chi connectivity index (χ0v) is 14.0. The molecule has 0 bridgehead atoms. The van der Waals surface area contributed by atoms with Gasteiger partial charge in [0, 0.05) is 16.4 Å². The summed E-state index contributed by atoms with van der Waals surface area (Å²) in [6.07, 6.45) is 4.07. The van der Waals surface area contributed by atoms with E-state index in [4.69, 9.17) is 11.6 Å². The Balaban J connectivity index is 1.82. The summed E-state index contributed by atoms with van der Waals surface area (Å²) in [4.78, 5) is 0. The summed E-state index contributed by atoms with van der Waals surface area (Å²) in [6, 6.07) is 20.2. The Morgan fingerprint density at radius 3 is 2.29 bits per heavy atom. The first-order valence-corrected chi connectivity index (χ1v) is 8.05. The Bertz CT molecular complexity index is 869. The van der Waals surface area contributed by atoms with Crippen LogP contribution in [0.2, 0.25) is 5.02 Å². The van der Waals surface area contributed by atoms with Crippen LogP contribution in [-0.2, 0) is 0 Å². The number of hydrogen-bond donors (Lipinski definition) is 1. The average Bonchev–Trinajstić information content (AvgIpc) is 2.58. The lowest BCUT2D eigenvalue weighted by molar-refractivity contribution is 0.628. The summed E-state index contributed by atoms with van der Waals surface area (Å²) in [7, 11) is 0. The lowest BCUT2D eigenvalue weighted by Crippen LogP contribution is -1.93. The second-order valence-corrected chi connectivity index (χ2v) is 6.03. The third kappa shape index (κ3) is 4.24. The van der Waals surface area contributed by atoms with Crippen LogP contribution >= 0.6 is 11.6 Å². The molecular weight excluding hydrogens is 321 g/mol. The molecule has 0 unspecified atom stereocenters. The number of rotatable bonds is 4. The van der Waals surface area contributed by atoms with E-state index in [2.05, 4.69) is 23.5 Å². The average molecular weight is 338 g/mol. The molecular formula is C21H17ClFN. The van der Waals surface area contributed by atoms with Gasteiger partial charge in [-0.25, -0.2) is 4.39 Å². The number of halogens is 2. The molecule has 0 atom stereocenters. The van der Waals surface area contributed by atoms with E-state index in [0.29, 0.717) is 0 Å². The van der Waals surface area contributed by atoms with Crippen LogP contribution in [0.3, 0.4) is 0 Å². The topological polar surface area (TPSA) is 12.0 Å². The van der Waals surface area contributed by atoms with E-state index in [1.54, 1.807) is 12.1 Å². The van der Waals surface area contributed by atoms with E-state index in [1.807, 2.05) is 43.3 Å². The molecule has 0 aliphatic carbocycles. The summed E-state index contributed by atoms with van der Waals surface area (Å²) in [5.74, 6) is -0.240. The van der Waals surface area contributed by atoms with E-state index >= 15 is 0 Å². The molecule has 1 nitrogen and oxygen atoms in total. The molecule has 3 heteroatoms. The van der Waals surface area contributed by atoms with Crippen molar-refractivity contribution in [3.8, 4) is 0 Å². The van der Waals surface area contributed by atoms with Gasteiger partial charge in [-0.15, -0.1) is 0 Å². The minimum absolute atomic E-state index is 0.240. The Morgan fingerprint density at radius 1 is 0.875 bits per heavy atom. The van der Waals surface area contributed by atoms with Gasteiger partial charge in [0.1, 0.15) is 5.82 Å². The van der Waals surface area contributed by atoms with E-state index in [-0.39, 0.29) is 5.82 Å². The minimum Gasteiger partial charge on any atom is -0.355 e. The number of aryl methyl sites for hydroxylation is 1. The molecule has 24 heavy (non-hydrogen) atoms. The summed E-state index contributed by atoms with van der Waals surface area (Å²) < 4.78 is 13.0. The molecule has 0 amide bonds. The molecule has 3 aromatic rings. The third-order valence-electron chi connectivity index (χ3n) is 3.70. The molecule has 3 aromatic carbocycles. The normalized spacial score (nSPS) is 11.0. The Hall–Kier alpha value is -2.58. The minimum atomic E-state index is -0.240. The highest BCUT2D eigenvalue weighted by molar-refractivity contribution is 6.30. The molecule has 0 aliphatic heterocycles. The summed E-state index contributed by atoms with van der Waals surface area (Å²) in [5.41, 5.74) is 5.10. The van der Waals surface area contributed by atoms with Crippen molar-refractivity contribution >= 4 is 35.1 Å². The molecule has 0 heterocycles. The molecule has 0 aliphatic rings. The van der Waals surface area contributed by atoms with Crippen LogP contribution in [-0.4, -0.2) is 0 Å². The fourth-order valence-corrected chi connectivity index (χ4v) is 2.57. The number of hydrogen-bond acceptors (Lipinski definition) is 1. The number of anilines is 2. The van der Waals surface area contributed by atoms with Crippen molar-refractivity contribution in [3.05, 3.63) is 94.3 Å². The van der Waals surface area contributed by atoms with Crippen molar-refractivity contribution < 1.29 is 4.39 Å². The largest absolute Gasteiger partial charge is 0.355 e. The summed E-state index contributed by atoms with van der Waals surface area (Å²) >= 11 is 6.00. The lowest BCUT2D eigenvalue weighted by atomic mass is 10.1. The molecule has 1 N–H and O–H groups in total. The van der Waals surface area contributed by atoms with Crippen molar-refractivity contribution in [3.63, 3.8) is 0 Å². The van der Waals surface area contributed by atoms with E-state index in [9.17, 15) is 4.39 Å². The third-order valence-corrected chi connectivity index (χ3v) is 3.94. The fraction of sp³-hybridized carbons (Fsp3) is 0.0476. The smallest absolute Gasteiger partial charge is 0.123 e. The standard InChI is InChI=1S/C21H17ClFN/c1-15-5-6-17(8-7-16-3-2-4-18(22)13-16)14-21(15)24-20-11-9-19(23)10-12-20/h2-14,24H,1H3/b8-7+. The summed E-state index contributed by atoms with van der Waals surface area (Å²) in [6.45, 7) is 2.04. The highest BCUT2D eigenvalue weighted by Crippen LogP contribution is 2.23. The maximum Gasteiger partial charge on any atom is 0.123 e. The van der Waals surface area contributed by atoms with Gasteiger partial charge in [-0.3, -0.25) is 0 Å². The van der Waals surface area contributed by atoms with Crippen molar-refractivity contribution in [1.82, 2.24) is 0 Å². The molecule has 120 valence electrons. The van der Waals surface area contributed by atoms with Gasteiger partial charge < -0.3 is 5.32 Å². The highest BCUT2D eigenvalue weighted by Gasteiger charge is 2.01. The van der Waals surface area contributed by atoms with Gasteiger partial charge in [0.2, 0.25) is 0 Å². The molecule has 3 rings (SSSR count). The van der Waals surface area contributed by atoms with Crippen LogP contribution in [0.4, 0.5) is 15.8 Å². The second kappa shape index (κ2) is 7.33. The predicted octanol–water partition coefficient (Wildman–Crippen LogP) is 6.70.